The molecule has 0 aliphatic rings. The molecule has 4 N–H and O–H groups in total. The van der Waals surface area contributed by atoms with Gasteiger partial charge in [-0.05, 0) is 23.1 Å². The number of amides is 1. The average molecular weight is 433 g/mol. The van der Waals surface area contributed by atoms with Crippen molar-refractivity contribution in [3.8, 4) is 0 Å². The third kappa shape index (κ3) is 3.90. The number of nitrogens with one attached hydrogen (secondary N) is 2. The molecule has 0 aliphatic heterocycles. The van der Waals surface area contributed by atoms with Crippen LogP contribution in [-0.2, 0) is 24.3 Å². The fourth-order valence-corrected chi connectivity index (χ4v) is 3.92. The lowest BCUT2D eigenvalue weighted by atomic mass is 9.87. The molecule has 0 atom stereocenters. The first kappa shape index (κ1) is 21.4. The molecular weight excluding hydrogens is 404 g/mol. The van der Waals surface area contributed by atoms with Gasteiger partial charge in [0.25, 0.3) is 5.56 Å². The molecule has 30 heavy (non-hydrogen) atoms. The Kier molecular flexibility index (Phi) is 5.38. The number of carbonyl (C=O) groups is 1. The largest absolute Gasteiger partial charge is 0.384 e. The van der Waals surface area contributed by atoms with E-state index in [1.54, 1.807) is 0 Å². The highest BCUT2D eigenvalue weighted by Crippen LogP contribution is 2.31. The Labute approximate surface area is 179 Å². The van der Waals surface area contributed by atoms with Crippen LogP contribution >= 0.6 is 11.3 Å². The van der Waals surface area contributed by atoms with E-state index in [4.69, 9.17) is 11.1 Å². The van der Waals surface area contributed by atoms with Gasteiger partial charge in [0.2, 0.25) is 5.91 Å². The van der Waals surface area contributed by atoms with Crippen molar-refractivity contribution in [2.24, 2.45) is 14.1 Å². The summed E-state index contributed by atoms with van der Waals surface area (Å²) in [6.45, 7) is 6.37. The van der Waals surface area contributed by atoms with Gasteiger partial charge in [-0.15, -0.1) is 0 Å². The van der Waals surface area contributed by atoms with Crippen LogP contribution < -0.4 is 22.3 Å². The maximum Gasteiger partial charge on any atom is 0.332 e. The summed E-state index contributed by atoms with van der Waals surface area (Å²) in [6, 6.07) is 5.99. The number of hydrogen-bond donors (Lipinski definition) is 3. The Morgan fingerprint density at radius 3 is 2.57 bits per heavy atom. The van der Waals surface area contributed by atoms with E-state index < -0.39 is 17.2 Å². The molecule has 0 spiro atoms. The Balaban J connectivity index is 0.00000256. The van der Waals surface area contributed by atoms with Gasteiger partial charge in [-0.25, -0.2) is 9.78 Å². The number of fused-ring (bicyclic) bond motifs is 1. The number of nitrogens with two attached hydrogens (primary N) is 1. The summed E-state index contributed by atoms with van der Waals surface area (Å²) >= 11 is 1.34. The van der Waals surface area contributed by atoms with Crippen LogP contribution in [-0.4, -0.2) is 25.7 Å². The van der Waals surface area contributed by atoms with Crippen molar-refractivity contribution in [3.05, 3.63) is 50.2 Å². The zero-order valence-electron chi connectivity index (χ0n) is 17.5. The van der Waals surface area contributed by atoms with Crippen molar-refractivity contribution in [3.63, 3.8) is 0 Å². The highest BCUT2D eigenvalue weighted by molar-refractivity contribution is 7.22. The Hall–Kier alpha value is -3.27. The Morgan fingerprint density at radius 1 is 1.27 bits per heavy atom. The average Bonchev–Trinajstić information content (AvgIpc) is 3.05. The predicted molar refractivity (Wildman–Crippen MR) is 124 cm³/mol. The van der Waals surface area contributed by atoms with Gasteiger partial charge < -0.3 is 16.5 Å². The van der Waals surface area contributed by atoms with E-state index in [-0.39, 0.29) is 31.8 Å². The molecule has 0 saturated carbocycles. The topological polar surface area (TPSA) is 136 Å². The third-order valence-electron chi connectivity index (χ3n) is 4.85. The van der Waals surface area contributed by atoms with E-state index in [1.165, 1.54) is 31.0 Å². The minimum absolute atomic E-state index is 0. The van der Waals surface area contributed by atoms with Crippen LogP contribution in [0, 0.1) is 5.41 Å². The van der Waals surface area contributed by atoms with Crippen molar-refractivity contribution in [2.45, 2.75) is 32.6 Å². The number of thiazole rings is 1. The monoisotopic (exact) mass is 432 g/mol. The second-order valence-electron chi connectivity index (χ2n) is 8.12. The number of carbonyl (C=O) groups excluding carboxylic acids is 1. The molecule has 0 fully saturated rings. The van der Waals surface area contributed by atoms with Crippen LogP contribution in [0.3, 0.4) is 0 Å². The summed E-state index contributed by atoms with van der Waals surface area (Å²) in [5.41, 5.74) is 6.06. The fourth-order valence-electron chi connectivity index (χ4n) is 3.00. The van der Waals surface area contributed by atoms with Gasteiger partial charge in [-0.2, -0.15) is 0 Å². The molecule has 162 valence electrons. The summed E-state index contributed by atoms with van der Waals surface area (Å²) in [4.78, 5) is 41.1. The first-order valence-corrected chi connectivity index (χ1v) is 10.1. The first-order chi connectivity index (χ1) is 13.9. The summed E-state index contributed by atoms with van der Waals surface area (Å²) < 4.78 is 2.88. The van der Waals surface area contributed by atoms with Crippen LogP contribution in [0.25, 0.3) is 10.2 Å². The summed E-state index contributed by atoms with van der Waals surface area (Å²) in [5, 5.41) is 11.3. The van der Waals surface area contributed by atoms with Gasteiger partial charge in [0, 0.05) is 16.9 Å². The number of rotatable bonds is 4. The molecule has 0 aliphatic carbocycles. The van der Waals surface area contributed by atoms with Gasteiger partial charge >= 0.3 is 5.69 Å². The number of aromatic nitrogens is 3. The fraction of sp³-hybridized carbons (Fsp3) is 0.350. The van der Waals surface area contributed by atoms with Crippen molar-refractivity contribution in [2.75, 3.05) is 11.1 Å². The number of nitrogens with zero attached hydrogens (tertiary/aromatic N) is 3. The molecule has 1 aromatic carbocycles. The lowest BCUT2D eigenvalue weighted by Gasteiger charge is -2.18. The zero-order valence-corrected chi connectivity index (χ0v) is 18.3. The number of anilines is 2. The second kappa shape index (κ2) is 7.52. The standard InChI is InChI=1S/C20H24N6O3S.2H2/c1-20(2,3)10-6-7-12-13(8-10)30-18(23-12)24-14(27)9-11(21)15-16(22)25(4)19(29)26(5)17(15)28;;/h6-8,21H,9,22H2,1-5H3,(H,23,24,27);2*1H. The molecule has 10 heteroatoms. The second-order valence-corrected chi connectivity index (χ2v) is 9.15. The highest BCUT2D eigenvalue weighted by Gasteiger charge is 2.20. The van der Waals surface area contributed by atoms with Crippen LogP contribution in [0.5, 0.6) is 0 Å². The van der Waals surface area contributed by atoms with Crippen molar-refractivity contribution in [1.29, 1.82) is 5.41 Å². The van der Waals surface area contributed by atoms with E-state index >= 15 is 0 Å². The van der Waals surface area contributed by atoms with E-state index in [2.05, 4.69) is 37.1 Å². The van der Waals surface area contributed by atoms with Crippen LogP contribution in [0.1, 0.15) is 41.2 Å². The molecule has 0 saturated heterocycles. The van der Waals surface area contributed by atoms with Crippen LogP contribution in [0.4, 0.5) is 10.9 Å². The number of hydrogen-bond acceptors (Lipinski definition) is 7. The van der Waals surface area contributed by atoms with E-state index in [0.717, 1.165) is 19.4 Å². The normalized spacial score (nSPS) is 11.6. The van der Waals surface area contributed by atoms with E-state index in [1.807, 2.05) is 12.1 Å². The van der Waals surface area contributed by atoms with E-state index in [0.29, 0.717) is 5.13 Å². The van der Waals surface area contributed by atoms with Crippen molar-refractivity contribution >= 4 is 44.1 Å². The molecule has 3 aromatic rings. The predicted octanol–water partition coefficient (Wildman–Crippen LogP) is 2.46. The third-order valence-corrected chi connectivity index (χ3v) is 5.78. The molecule has 3 rings (SSSR count). The lowest BCUT2D eigenvalue weighted by Crippen LogP contribution is -2.42. The lowest BCUT2D eigenvalue weighted by molar-refractivity contribution is -0.115. The Morgan fingerprint density at radius 2 is 1.93 bits per heavy atom. The molecule has 0 radical (unpaired) electrons. The van der Waals surface area contributed by atoms with Gasteiger partial charge in [0.15, 0.2) is 5.13 Å². The molecule has 0 bridgehead atoms. The van der Waals surface area contributed by atoms with Gasteiger partial charge in [0.05, 0.1) is 22.3 Å². The quantitative estimate of drug-likeness (QED) is 0.544. The summed E-state index contributed by atoms with van der Waals surface area (Å²) in [6.07, 6.45) is -0.374. The van der Waals surface area contributed by atoms with Crippen molar-refractivity contribution < 1.29 is 7.65 Å². The zero-order chi connectivity index (χ0) is 22.4. The molecule has 1 amide bonds. The summed E-state index contributed by atoms with van der Waals surface area (Å²) in [7, 11) is 2.70. The van der Waals surface area contributed by atoms with Gasteiger partial charge in [-0.1, -0.05) is 38.2 Å². The first-order valence-electron chi connectivity index (χ1n) is 9.24. The maximum atomic E-state index is 12.5. The summed E-state index contributed by atoms with van der Waals surface area (Å²) in [5.74, 6) is -0.638. The number of benzene rings is 1. The van der Waals surface area contributed by atoms with Gasteiger partial charge in [0.1, 0.15) is 11.4 Å². The molecule has 2 heterocycles. The molecule has 0 unspecified atom stereocenters. The highest BCUT2D eigenvalue weighted by atomic mass is 32.1. The van der Waals surface area contributed by atoms with Crippen LogP contribution in [0.15, 0.2) is 27.8 Å². The Bertz CT molecular complexity index is 1300. The minimum Gasteiger partial charge on any atom is -0.384 e. The van der Waals surface area contributed by atoms with Gasteiger partial charge in [-0.3, -0.25) is 18.7 Å². The number of nitrogen functional groups attached to an aromatic ring is 1. The maximum absolute atomic E-state index is 12.5. The SMILES string of the molecule is Cn1c(N)c(C(=N)CC(=O)Nc2nc3ccc(C(C)(C)C)cc3s2)c(=O)n(C)c1=O.[HH].[HH]. The molecule has 9 nitrogen and oxygen atoms in total. The van der Waals surface area contributed by atoms with E-state index in [9.17, 15) is 14.4 Å². The molecular formula is C20H28N6O3S. The van der Waals surface area contributed by atoms with Crippen LogP contribution in [0.2, 0.25) is 0 Å². The smallest absolute Gasteiger partial charge is 0.332 e. The minimum atomic E-state index is -0.705. The molecule has 2 aromatic heterocycles. The van der Waals surface area contributed by atoms with Crippen molar-refractivity contribution in [1.82, 2.24) is 14.1 Å².